The van der Waals surface area contributed by atoms with E-state index >= 15 is 0 Å². The maximum atomic E-state index is 14.4. The summed E-state index contributed by atoms with van der Waals surface area (Å²) >= 11 is 0. The molecule has 1 aliphatic heterocycles. The van der Waals surface area contributed by atoms with Crippen molar-refractivity contribution in [2.24, 2.45) is 22.2 Å². The van der Waals surface area contributed by atoms with Crippen LogP contribution in [0.15, 0.2) is 60.7 Å². The van der Waals surface area contributed by atoms with Gasteiger partial charge in [0.15, 0.2) is 0 Å². The molecule has 1 heterocycles. The van der Waals surface area contributed by atoms with E-state index in [0.717, 1.165) is 51.4 Å². The van der Waals surface area contributed by atoms with Gasteiger partial charge in [-0.25, -0.2) is 0 Å². The first-order chi connectivity index (χ1) is 33.0. The molecule has 3 rings (SSSR count). The predicted octanol–water partition coefficient (Wildman–Crippen LogP) is 10.8. The van der Waals surface area contributed by atoms with Crippen LogP contribution in [0.4, 0.5) is 0 Å². The third-order valence-corrected chi connectivity index (χ3v) is 14.0. The molecule has 2 aromatic carbocycles. The molecule has 13 nitrogen and oxygen atoms in total. The summed E-state index contributed by atoms with van der Waals surface area (Å²) in [5, 5.41) is 0. The second-order valence-electron chi connectivity index (χ2n) is 19.6. The number of ketones is 3. The summed E-state index contributed by atoms with van der Waals surface area (Å²) in [4.78, 5) is 97.2. The summed E-state index contributed by atoms with van der Waals surface area (Å²) in [6, 6.07) is 17.8. The van der Waals surface area contributed by atoms with E-state index in [2.05, 4.69) is 13.8 Å². The van der Waals surface area contributed by atoms with Crippen LogP contribution in [0.25, 0.3) is 0 Å². The van der Waals surface area contributed by atoms with E-state index in [1.54, 1.807) is 31.2 Å². The van der Waals surface area contributed by atoms with Gasteiger partial charge in [-0.1, -0.05) is 89.3 Å². The van der Waals surface area contributed by atoms with Gasteiger partial charge >= 0.3 is 17.9 Å². The van der Waals surface area contributed by atoms with Gasteiger partial charge in [-0.3, -0.25) is 33.6 Å². The standard InChI is InChI=1S/C56H83NO12/c1-8-11-21-45(10-3)42-69-51(62)54(6,31-9-2)34-35-55(7,41-43(4)57-36-20-14-19-26-50(57)61)52(63)67-39-40-68-53(64)56(44(5)58,32-27-46(59)29-37-65-48-22-15-12-16-23-48)33-28-47(60)30-38-66-49-24-17-13-18-25-49/h12-13,15-18,22-25,43,45H,8-11,14,19-21,26-42H2,1-7H3. The fourth-order valence-corrected chi connectivity index (χ4v) is 9.18. The van der Waals surface area contributed by atoms with Crippen LogP contribution in [0, 0.1) is 22.2 Å². The lowest BCUT2D eigenvalue weighted by atomic mass is 9.72. The smallest absolute Gasteiger partial charge is 0.319 e. The lowest BCUT2D eigenvalue weighted by Gasteiger charge is -2.37. The molecule has 13 heteroatoms. The number of carbonyl (C=O) groups excluding carboxylic acids is 7. The van der Waals surface area contributed by atoms with Gasteiger partial charge in [0.2, 0.25) is 5.91 Å². The van der Waals surface area contributed by atoms with Crippen molar-refractivity contribution in [2.75, 3.05) is 39.6 Å². The van der Waals surface area contributed by atoms with E-state index in [1.807, 2.05) is 62.1 Å². The predicted molar refractivity (Wildman–Crippen MR) is 266 cm³/mol. The molecule has 384 valence electrons. The van der Waals surface area contributed by atoms with Crippen LogP contribution in [-0.4, -0.2) is 91.7 Å². The highest BCUT2D eigenvalue weighted by atomic mass is 16.6. The Morgan fingerprint density at radius 3 is 1.68 bits per heavy atom. The van der Waals surface area contributed by atoms with Gasteiger partial charge in [-0.2, -0.15) is 0 Å². The third-order valence-electron chi connectivity index (χ3n) is 14.0. The number of ether oxygens (including phenoxy) is 5. The molecule has 2 aromatic rings. The van der Waals surface area contributed by atoms with Crippen LogP contribution in [0.5, 0.6) is 11.5 Å². The lowest BCUT2D eigenvalue weighted by Crippen LogP contribution is -2.44. The number of carbonyl (C=O) groups is 7. The van der Waals surface area contributed by atoms with E-state index in [-0.39, 0.29) is 113 Å². The quantitative estimate of drug-likeness (QED) is 0.0278. The van der Waals surface area contributed by atoms with Crippen molar-refractivity contribution in [1.29, 1.82) is 0 Å². The SMILES string of the molecule is CCCCC(CC)COC(=O)C(C)(CCC)CCC(C)(CC(C)N1CCCCCC1=O)C(=O)OCCOC(=O)C(CCC(=O)CCOc1ccccc1)(CCC(=O)CCOc1ccccc1)C(C)=O. The van der Waals surface area contributed by atoms with Gasteiger partial charge in [-0.15, -0.1) is 0 Å². The van der Waals surface area contributed by atoms with E-state index in [0.29, 0.717) is 43.9 Å². The van der Waals surface area contributed by atoms with Crippen molar-refractivity contribution in [1.82, 2.24) is 4.90 Å². The van der Waals surface area contributed by atoms with Crippen molar-refractivity contribution in [3.63, 3.8) is 0 Å². The summed E-state index contributed by atoms with van der Waals surface area (Å²) in [5.74, 6) is -1.19. The number of Topliss-reactive ketones (excluding diaryl/α,β-unsaturated/α-hetero) is 3. The molecule has 1 amide bonds. The van der Waals surface area contributed by atoms with Crippen LogP contribution in [0.2, 0.25) is 0 Å². The highest BCUT2D eigenvalue weighted by Crippen LogP contribution is 2.41. The van der Waals surface area contributed by atoms with Crippen molar-refractivity contribution in [2.45, 2.75) is 177 Å². The summed E-state index contributed by atoms with van der Waals surface area (Å²) in [6.45, 7) is 13.6. The number of rotatable bonds is 35. The number of esters is 3. The van der Waals surface area contributed by atoms with E-state index in [4.69, 9.17) is 23.7 Å². The molecule has 0 aliphatic carbocycles. The first-order valence-electron chi connectivity index (χ1n) is 25.7. The topological polar surface area (TPSA) is 169 Å². The van der Waals surface area contributed by atoms with Crippen molar-refractivity contribution in [3.05, 3.63) is 60.7 Å². The van der Waals surface area contributed by atoms with Crippen molar-refractivity contribution in [3.8, 4) is 11.5 Å². The Bertz CT molecular complexity index is 1840. The number of hydrogen-bond donors (Lipinski definition) is 0. The molecule has 0 spiro atoms. The molecular weight excluding hydrogens is 879 g/mol. The summed E-state index contributed by atoms with van der Waals surface area (Å²) < 4.78 is 29.0. The maximum Gasteiger partial charge on any atom is 0.319 e. The average molecular weight is 962 g/mol. The summed E-state index contributed by atoms with van der Waals surface area (Å²) in [6.07, 6.45) is 8.80. The van der Waals surface area contributed by atoms with Gasteiger partial charge < -0.3 is 28.6 Å². The highest BCUT2D eigenvalue weighted by molar-refractivity contribution is 6.03. The average Bonchev–Trinajstić information content (AvgIpc) is 3.56. The molecule has 1 saturated heterocycles. The van der Waals surface area contributed by atoms with Crippen molar-refractivity contribution < 1.29 is 57.2 Å². The Balaban J connectivity index is 1.76. The number of benzene rings is 2. The van der Waals surface area contributed by atoms with E-state index in [9.17, 15) is 33.6 Å². The Kier molecular flexibility index (Phi) is 25.8. The highest BCUT2D eigenvalue weighted by Gasteiger charge is 2.46. The normalized spacial score (nSPS) is 15.6. The molecular formula is C56H83NO12. The zero-order valence-corrected chi connectivity index (χ0v) is 43.0. The minimum Gasteiger partial charge on any atom is -0.493 e. The van der Waals surface area contributed by atoms with Gasteiger partial charge in [0.05, 0.1) is 30.7 Å². The Morgan fingerprint density at radius 2 is 1.16 bits per heavy atom. The van der Waals surface area contributed by atoms with Gasteiger partial charge in [0, 0.05) is 44.7 Å². The molecule has 0 saturated carbocycles. The third kappa shape index (κ3) is 19.7. The van der Waals surface area contributed by atoms with E-state index < -0.39 is 34.0 Å². The van der Waals surface area contributed by atoms with Crippen LogP contribution in [0.1, 0.15) is 170 Å². The first kappa shape index (κ1) is 58.2. The van der Waals surface area contributed by atoms with Crippen molar-refractivity contribution >= 4 is 41.2 Å². The van der Waals surface area contributed by atoms with Gasteiger partial charge in [0.25, 0.3) is 0 Å². The molecule has 0 bridgehead atoms. The van der Waals surface area contributed by atoms with Gasteiger partial charge in [-0.05, 0) is 116 Å². The van der Waals surface area contributed by atoms with Crippen LogP contribution in [0.3, 0.4) is 0 Å². The fraction of sp³-hybridized carbons (Fsp3) is 0.661. The number of unbranched alkanes of at least 4 members (excludes halogenated alkanes) is 1. The Morgan fingerprint density at radius 1 is 0.623 bits per heavy atom. The monoisotopic (exact) mass is 962 g/mol. The number of nitrogens with zero attached hydrogens (tertiary/aromatic N) is 1. The molecule has 4 unspecified atom stereocenters. The number of amides is 1. The minimum absolute atomic E-state index is 0.0457. The lowest BCUT2D eigenvalue weighted by molar-refractivity contribution is -0.168. The molecule has 0 aromatic heterocycles. The minimum atomic E-state index is -1.81. The second kappa shape index (κ2) is 30.5. The summed E-state index contributed by atoms with van der Waals surface area (Å²) in [5.41, 5.74) is -3.82. The molecule has 0 radical (unpaired) electrons. The molecule has 0 N–H and O–H groups in total. The second-order valence-corrected chi connectivity index (χ2v) is 19.6. The maximum absolute atomic E-state index is 14.4. The van der Waals surface area contributed by atoms with E-state index in [1.165, 1.54) is 6.92 Å². The Labute approximate surface area is 412 Å². The van der Waals surface area contributed by atoms with Crippen LogP contribution in [-0.2, 0) is 47.8 Å². The fourth-order valence-electron chi connectivity index (χ4n) is 9.18. The molecule has 4 atom stereocenters. The number of para-hydroxylation sites is 2. The number of hydrogen-bond acceptors (Lipinski definition) is 12. The van der Waals surface area contributed by atoms with Crippen LogP contribution >= 0.6 is 0 Å². The number of likely N-dealkylation sites (tertiary alicyclic amines) is 1. The molecule has 1 fully saturated rings. The molecule has 1 aliphatic rings. The Hall–Kier alpha value is -5.07. The largest absolute Gasteiger partial charge is 0.493 e. The molecule has 69 heavy (non-hydrogen) atoms. The first-order valence-corrected chi connectivity index (χ1v) is 25.7. The van der Waals surface area contributed by atoms with Crippen LogP contribution < -0.4 is 9.47 Å². The zero-order chi connectivity index (χ0) is 50.7. The van der Waals surface area contributed by atoms with Gasteiger partial charge in [0.1, 0.15) is 47.5 Å². The summed E-state index contributed by atoms with van der Waals surface area (Å²) in [7, 11) is 0. The zero-order valence-electron chi connectivity index (χ0n) is 43.0.